The van der Waals surface area contributed by atoms with Gasteiger partial charge in [0.15, 0.2) is 0 Å². The van der Waals surface area contributed by atoms with Crippen LogP contribution in [0.5, 0.6) is 0 Å². The maximum absolute atomic E-state index is 12.9. The van der Waals surface area contributed by atoms with Gasteiger partial charge in [-0.2, -0.15) is 13.2 Å². The Labute approximate surface area is 125 Å². The predicted octanol–water partition coefficient (Wildman–Crippen LogP) is 5.79. The van der Waals surface area contributed by atoms with Crippen LogP contribution in [0.3, 0.4) is 0 Å². The molecule has 1 heterocycles. The van der Waals surface area contributed by atoms with Crippen molar-refractivity contribution in [3.63, 3.8) is 0 Å². The van der Waals surface area contributed by atoms with Crippen LogP contribution < -0.4 is 5.32 Å². The number of alkyl halides is 3. The first-order valence-corrected chi connectivity index (χ1v) is 7.20. The number of hydrogen-bond donors (Lipinski definition) is 1. The molecule has 2 aromatic rings. The Kier molecular flexibility index (Phi) is 4.43. The van der Waals surface area contributed by atoms with E-state index in [-0.39, 0.29) is 10.7 Å². The minimum atomic E-state index is -4.43. The summed E-state index contributed by atoms with van der Waals surface area (Å²) in [5.41, 5.74) is -0.725. The lowest BCUT2D eigenvalue weighted by molar-refractivity contribution is -0.136. The molecule has 0 aliphatic heterocycles. The number of thiophene rings is 1. The van der Waals surface area contributed by atoms with E-state index in [0.29, 0.717) is 6.54 Å². The zero-order valence-corrected chi connectivity index (χ0v) is 12.6. The molecule has 0 atom stereocenters. The molecule has 102 valence electrons. The Morgan fingerprint density at radius 3 is 2.53 bits per heavy atom. The van der Waals surface area contributed by atoms with E-state index in [9.17, 15) is 13.2 Å². The Bertz CT molecular complexity index is 583. The molecule has 0 unspecified atom stereocenters. The number of halogens is 5. The second kappa shape index (κ2) is 5.73. The molecule has 0 bridgehead atoms. The maximum Gasteiger partial charge on any atom is 0.418 e. The Morgan fingerprint density at radius 2 is 1.95 bits per heavy atom. The third-order valence-electron chi connectivity index (χ3n) is 2.37. The monoisotopic (exact) mass is 369 g/mol. The average Bonchev–Trinajstić information content (AvgIpc) is 2.72. The van der Waals surface area contributed by atoms with E-state index in [1.807, 2.05) is 12.1 Å². The smallest absolute Gasteiger partial charge is 0.380 e. The highest BCUT2D eigenvalue weighted by molar-refractivity contribution is 9.11. The first-order valence-electron chi connectivity index (χ1n) is 5.21. The van der Waals surface area contributed by atoms with Crippen molar-refractivity contribution in [2.45, 2.75) is 12.7 Å². The van der Waals surface area contributed by atoms with Crippen molar-refractivity contribution in [1.29, 1.82) is 0 Å². The number of hydrogen-bond acceptors (Lipinski definition) is 2. The van der Waals surface area contributed by atoms with Gasteiger partial charge in [-0.15, -0.1) is 11.3 Å². The Morgan fingerprint density at radius 1 is 1.21 bits per heavy atom. The number of rotatable bonds is 3. The summed E-state index contributed by atoms with van der Waals surface area (Å²) in [6.07, 6.45) is -4.43. The predicted molar refractivity (Wildman–Crippen MR) is 75.8 cm³/mol. The maximum atomic E-state index is 12.9. The standard InChI is InChI=1S/C12H8BrClF3NS/c13-11-4-2-8(19-11)6-18-10-3-1-7(14)5-9(10)12(15,16)17/h1-5,18H,6H2. The van der Waals surface area contributed by atoms with Crippen LogP contribution in [-0.4, -0.2) is 0 Å². The Balaban J connectivity index is 2.20. The van der Waals surface area contributed by atoms with Gasteiger partial charge in [0, 0.05) is 22.1 Å². The second-order valence-electron chi connectivity index (χ2n) is 3.75. The van der Waals surface area contributed by atoms with Crippen molar-refractivity contribution in [3.8, 4) is 0 Å². The fourth-order valence-electron chi connectivity index (χ4n) is 1.53. The van der Waals surface area contributed by atoms with E-state index in [0.717, 1.165) is 14.7 Å². The van der Waals surface area contributed by atoms with Crippen LogP contribution >= 0.6 is 38.9 Å². The van der Waals surface area contributed by atoms with Gasteiger partial charge in [-0.3, -0.25) is 0 Å². The molecule has 1 aromatic carbocycles. The zero-order chi connectivity index (χ0) is 14.0. The molecule has 0 aliphatic rings. The molecular weight excluding hydrogens is 363 g/mol. The summed E-state index contributed by atoms with van der Waals surface area (Å²) in [6, 6.07) is 7.41. The van der Waals surface area contributed by atoms with Crippen molar-refractivity contribution in [2.24, 2.45) is 0 Å². The highest BCUT2D eigenvalue weighted by atomic mass is 79.9. The molecule has 0 spiro atoms. The molecule has 0 aliphatic carbocycles. The normalized spacial score (nSPS) is 11.6. The van der Waals surface area contributed by atoms with Crippen LogP contribution in [0.1, 0.15) is 10.4 Å². The molecule has 1 N–H and O–H groups in total. The van der Waals surface area contributed by atoms with Gasteiger partial charge in [-0.05, 0) is 46.3 Å². The van der Waals surface area contributed by atoms with Crippen LogP contribution in [-0.2, 0) is 12.7 Å². The van der Waals surface area contributed by atoms with Crippen LogP contribution in [0, 0.1) is 0 Å². The summed E-state index contributed by atoms with van der Waals surface area (Å²) in [7, 11) is 0. The highest BCUT2D eigenvalue weighted by Crippen LogP contribution is 2.36. The number of anilines is 1. The van der Waals surface area contributed by atoms with Crippen molar-refractivity contribution in [3.05, 3.63) is 49.6 Å². The van der Waals surface area contributed by atoms with Crippen molar-refractivity contribution < 1.29 is 13.2 Å². The molecule has 1 aromatic heterocycles. The summed E-state index contributed by atoms with van der Waals surface area (Å²) in [6.45, 7) is 0.334. The molecule has 1 nitrogen and oxygen atoms in total. The van der Waals surface area contributed by atoms with Crippen LogP contribution in [0.4, 0.5) is 18.9 Å². The second-order valence-corrected chi connectivity index (χ2v) is 6.73. The van der Waals surface area contributed by atoms with Crippen molar-refractivity contribution in [1.82, 2.24) is 0 Å². The summed E-state index contributed by atoms with van der Waals surface area (Å²) < 4.78 is 39.5. The first kappa shape index (κ1) is 14.7. The minimum absolute atomic E-state index is 0.0291. The fraction of sp³-hybridized carbons (Fsp3) is 0.167. The molecule has 7 heteroatoms. The molecule has 19 heavy (non-hydrogen) atoms. The van der Waals surface area contributed by atoms with Gasteiger partial charge >= 0.3 is 6.18 Å². The quantitative estimate of drug-likeness (QED) is 0.720. The van der Waals surface area contributed by atoms with Gasteiger partial charge in [0.05, 0.1) is 9.35 Å². The van der Waals surface area contributed by atoms with Crippen LogP contribution in [0.25, 0.3) is 0 Å². The minimum Gasteiger partial charge on any atom is -0.380 e. The molecule has 0 fully saturated rings. The third-order valence-corrected chi connectivity index (χ3v) is 4.23. The van der Waals surface area contributed by atoms with Gasteiger partial charge in [0.2, 0.25) is 0 Å². The van der Waals surface area contributed by atoms with Gasteiger partial charge < -0.3 is 5.32 Å². The lowest BCUT2D eigenvalue weighted by Crippen LogP contribution is -2.10. The van der Waals surface area contributed by atoms with Gasteiger partial charge in [0.1, 0.15) is 0 Å². The molecule has 0 amide bonds. The third kappa shape index (κ3) is 3.87. The van der Waals surface area contributed by atoms with Gasteiger partial charge in [0.25, 0.3) is 0 Å². The summed E-state index contributed by atoms with van der Waals surface area (Å²) >= 11 is 10.4. The summed E-state index contributed by atoms with van der Waals surface area (Å²) in [4.78, 5) is 0.940. The number of benzene rings is 1. The van der Waals surface area contributed by atoms with Crippen LogP contribution in [0.2, 0.25) is 5.02 Å². The lowest BCUT2D eigenvalue weighted by atomic mass is 10.1. The first-order chi connectivity index (χ1) is 8.86. The molecular formula is C12H8BrClF3NS. The Hall–Kier alpha value is -0.720. The highest BCUT2D eigenvalue weighted by Gasteiger charge is 2.33. The summed E-state index contributed by atoms with van der Waals surface area (Å²) in [5, 5.41) is 2.85. The van der Waals surface area contributed by atoms with Crippen LogP contribution in [0.15, 0.2) is 34.1 Å². The average molecular weight is 371 g/mol. The SMILES string of the molecule is FC(F)(F)c1cc(Cl)ccc1NCc1ccc(Br)s1. The van der Waals surface area contributed by atoms with Gasteiger partial charge in [-0.1, -0.05) is 11.6 Å². The lowest BCUT2D eigenvalue weighted by Gasteiger charge is -2.14. The zero-order valence-electron chi connectivity index (χ0n) is 9.39. The summed E-state index contributed by atoms with van der Waals surface area (Å²) in [5.74, 6) is 0. The van der Waals surface area contributed by atoms with Gasteiger partial charge in [-0.25, -0.2) is 0 Å². The van der Waals surface area contributed by atoms with E-state index >= 15 is 0 Å². The van der Waals surface area contributed by atoms with E-state index in [1.54, 1.807) is 0 Å². The molecule has 0 saturated carbocycles. The fourth-order valence-corrected chi connectivity index (χ4v) is 3.13. The van der Waals surface area contributed by atoms with E-state index < -0.39 is 11.7 Å². The van der Waals surface area contributed by atoms with Crippen molar-refractivity contribution >= 4 is 44.6 Å². The van der Waals surface area contributed by atoms with E-state index in [4.69, 9.17) is 11.6 Å². The molecule has 0 radical (unpaired) electrons. The number of nitrogens with one attached hydrogen (secondary N) is 1. The topological polar surface area (TPSA) is 12.0 Å². The molecule has 2 rings (SSSR count). The van der Waals surface area contributed by atoms with E-state index in [2.05, 4.69) is 21.2 Å². The molecule has 0 saturated heterocycles. The van der Waals surface area contributed by atoms with E-state index in [1.165, 1.54) is 23.5 Å². The largest absolute Gasteiger partial charge is 0.418 e. The van der Waals surface area contributed by atoms with Crippen molar-refractivity contribution in [2.75, 3.05) is 5.32 Å².